The summed E-state index contributed by atoms with van der Waals surface area (Å²) < 4.78 is 5.26. The van der Waals surface area contributed by atoms with Crippen LogP contribution in [0.25, 0.3) is 0 Å². The zero-order valence-electron chi connectivity index (χ0n) is 10.1. The van der Waals surface area contributed by atoms with Crippen LogP contribution in [0, 0.1) is 5.41 Å². The van der Waals surface area contributed by atoms with E-state index in [1.54, 1.807) is 4.90 Å². The predicted molar refractivity (Wildman–Crippen MR) is 70.8 cm³/mol. The van der Waals surface area contributed by atoms with Gasteiger partial charge >= 0.3 is 6.09 Å². The van der Waals surface area contributed by atoms with Crippen LogP contribution in [0.5, 0.6) is 0 Å². The standard InChI is InChI=1S/C13H16N2O2.ClH/c16-12(15-9-13(10-15)7-14-8-13)17-6-11-4-2-1-3-5-11;/h1-5,14H,6-10H2;1H. The van der Waals surface area contributed by atoms with Gasteiger partial charge in [-0.3, -0.25) is 0 Å². The first-order valence-electron chi connectivity index (χ1n) is 5.94. The Hall–Kier alpha value is -1.26. The molecule has 0 radical (unpaired) electrons. The third-order valence-electron chi connectivity index (χ3n) is 3.52. The fourth-order valence-corrected chi connectivity index (χ4v) is 2.41. The molecular weight excluding hydrogens is 252 g/mol. The Morgan fingerprint density at radius 2 is 1.94 bits per heavy atom. The average Bonchev–Trinajstić information content (AvgIpc) is 2.24. The van der Waals surface area contributed by atoms with Gasteiger partial charge in [-0.05, 0) is 5.56 Å². The first-order valence-corrected chi connectivity index (χ1v) is 5.94. The molecule has 4 nitrogen and oxygen atoms in total. The summed E-state index contributed by atoms with van der Waals surface area (Å²) in [5, 5.41) is 3.24. The second-order valence-electron chi connectivity index (χ2n) is 5.00. The molecule has 0 atom stereocenters. The molecule has 2 heterocycles. The van der Waals surface area contributed by atoms with Crippen LogP contribution in [0.1, 0.15) is 5.56 Å². The maximum Gasteiger partial charge on any atom is 0.410 e. The second-order valence-corrected chi connectivity index (χ2v) is 5.00. The number of carbonyl (C=O) groups excluding carboxylic acids is 1. The fourth-order valence-electron chi connectivity index (χ4n) is 2.41. The SMILES string of the molecule is Cl.O=C(OCc1ccccc1)N1CC2(CNC2)C1. The van der Waals surface area contributed by atoms with Crippen molar-refractivity contribution >= 4 is 18.5 Å². The van der Waals surface area contributed by atoms with Crippen molar-refractivity contribution in [3.63, 3.8) is 0 Å². The van der Waals surface area contributed by atoms with Crippen molar-refractivity contribution in [3.8, 4) is 0 Å². The van der Waals surface area contributed by atoms with Crippen molar-refractivity contribution in [1.82, 2.24) is 10.2 Å². The third kappa shape index (κ3) is 2.44. The average molecular weight is 269 g/mol. The molecule has 1 N–H and O–H groups in total. The van der Waals surface area contributed by atoms with Crippen LogP contribution < -0.4 is 5.32 Å². The molecule has 0 saturated carbocycles. The van der Waals surface area contributed by atoms with Crippen LogP contribution in [-0.2, 0) is 11.3 Å². The first kappa shape index (κ1) is 13.2. The highest BCUT2D eigenvalue weighted by Crippen LogP contribution is 2.34. The molecule has 2 aliphatic heterocycles. The number of nitrogens with one attached hydrogen (secondary N) is 1. The van der Waals surface area contributed by atoms with Crippen LogP contribution in [0.15, 0.2) is 30.3 Å². The monoisotopic (exact) mass is 268 g/mol. The van der Waals surface area contributed by atoms with E-state index in [4.69, 9.17) is 4.74 Å². The molecule has 2 fully saturated rings. The number of ether oxygens (including phenoxy) is 1. The van der Waals surface area contributed by atoms with Crippen molar-refractivity contribution in [1.29, 1.82) is 0 Å². The van der Waals surface area contributed by atoms with E-state index < -0.39 is 0 Å². The van der Waals surface area contributed by atoms with E-state index in [0.717, 1.165) is 31.7 Å². The summed E-state index contributed by atoms with van der Waals surface area (Å²) in [7, 11) is 0. The topological polar surface area (TPSA) is 41.6 Å². The van der Waals surface area contributed by atoms with Crippen molar-refractivity contribution in [2.45, 2.75) is 6.61 Å². The van der Waals surface area contributed by atoms with Gasteiger partial charge in [0.25, 0.3) is 0 Å². The number of likely N-dealkylation sites (tertiary alicyclic amines) is 1. The first-order chi connectivity index (χ1) is 8.27. The van der Waals surface area contributed by atoms with Crippen LogP contribution in [0.2, 0.25) is 0 Å². The Balaban J connectivity index is 0.00000120. The van der Waals surface area contributed by atoms with Gasteiger partial charge in [0.15, 0.2) is 0 Å². The Bertz CT molecular complexity index is 412. The molecule has 18 heavy (non-hydrogen) atoms. The number of halogens is 1. The molecule has 2 saturated heterocycles. The Morgan fingerprint density at radius 1 is 1.28 bits per heavy atom. The van der Waals surface area contributed by atoms with Crippen molar-refractivity contribution in [2.24, 2.45) is 5.41 Å². The Morgan fingerprint density at radius 3 is 2.50 bits per heavy atom. The van der Waals surface area contributed by atoms with E-state index in [9.17, 15) is 4.79 Å². The Labute approximate surface area is 113 Å². The summed E-state index contributed by atoms with van der Waals surface area (Å²) in [6.45, 7) is 4.12. The maximum absolute atomic E-state index is 11.7. The molecule has 3 rings (SSSR count). The highest BCUT2D eigenvalue weighted by atomic mass is 35.5. The minimum atomic E-state index is -0.189. The number of hydrogen-bond donors (Lipinski definition) is 1. The molecule has 1 amide bonds. The van der Waals surface area contributed by atoms with Gasteiger partial charge in [-0.2, -0.15) is 0 Å². The lowest BCUT2D eigenvalue weighted by Gasteiger charge is -2.55. The molecule has 1 spiro atoms. The lowest BCUT2D eigenvalue weighted by Crippen LogP contribution is -2.71. The highest BCUT2D eigenvalue weighted by Gasteiger charge is 2.49. The van der Waals surface area contributed by atoms with Gasteiger partial charge in [-0.15, -0.1) is 12.4 Å². The molecule has 1 aromatic rings. The molecular formula is C13H17ClN2O2. The van der Waals surface area contributed by atoms with E-state index in [1.165, 1.54) is 0 Å². The molecule has 0 unspecified atom stereocenters. The lowest BCUT2D eigenvalue weighted by molar-refractivity contribution is -0.0365. The Kier molecular flexibility index (Phi) is 3.78. The van der Waals surface area contributed by atoms with Crippen LogP contribution in [0.4, 0.5) is 4.79 Å². The van der Waals surface area contributed by atoms with E-state index in [2.05, 4.69) is 5.32 Å². The highest BCUT2D eigenvalue weighted by molar-refractivity contribution is 5.85. The fraction of sp³-hybridized carbons (Fsp3) is 0.462. The second kappa shape index (κ2) is 5.16. The summed E-state index contributed by atoms with van der Waals surface area (Å²) in [4.78, 5) is 13.5. The van der Waals surface area contributed by atoms with Crippen LogP contribution in [0.3, 0.4) is 0 Å². The van der Waals surface area contributed by atoms with Gasteiger partial charge in [0.2, 0.25) is 0 Å². The number of hydrogen-bond acceptors (Lipinski definition) is 3. The molecule has 0 bridgehead atoms. The zero-order valence-corrected chi connectivity index (χ0v) is 10.9. The number of benzene rings is 1. The number of amides is 1. The number of carbonyl (C=O) groups is 1. The summed E-state index contributed by atoms with van der Waals surface area (Å²) in [6, 6.07) is 9.76. The molecule has 98 valence electrons. The van der Waals surface area contributed by atoms with Gasteiger partial charge in [0.05, 0.1) is 0 Å². The van der Waals surface area contributed by atoms with Crippen molar-refractivity contribution < 1.29 is 9.53 Å². The minimum Gasteiger partial charge on any atom is -0.445 e. The van der Waals surface area contributed by atoms with E-state index in [-0.39, 0.29) is 18.5 Å². The number of rotatable bonds is 2. The van der Waals surface area contributed by atoms with Crippen LogP contribution >= 0.6 is 12.4 Å². The van der Waals surface area contributed by atoms with Gasteiger partial charge < -0.3 is 15.0 Å². The van der Waals surface area contributed by atoms with Gasteiger partial charge in [0.1, 0.15) is 6.61 Å². The smallest absolute Gasteiger partial charge is 0.410 e. The molecule has 5 heteroatoms. The molecule has 0 aromatic heterocycles. The summed E-state index contributed by atoms with van der Waals surface area (Å²) in [5.41, 5.74) is 1.40. The normalized spacial score (nSPS) is 19.4. The van der Waals surface area contributed by atoms with Crippen molar-refractivity contribution in [2.75, 3.05) is 26.2 Å². The van der Waals surface area contributed by atoms with E-state index in [0.29, 0.717) is 12.0 Å². The molecule has 0 aliphatic carbocycles. The van der Waals surface area contributed by atoms with Gasteiger partial charge in [0, 0.05) is 31.6 Å². The van der Waals surface area contributed by atoms with E-state index >= 15 is 0 Å². The lowest BCUT2D eigenvalue weighted by atomic mass is 9.75. The van der Waals surface area contributed by atoms with E-state index in [1.807, 2.05) is 30.3 Å². The van der Waals surface area contributed by atoms with Gasteiger partial charge in [-0.1, -0.05) is 30.3 Å². The predicted octanol–water partition coefficient (Wildman–Crippen LogP) is 1.65. The number of nitrogens with zero attached hydrogens (tertiary/aromatic N) is 1. The minimum absolute atomic E-state index is 0. The quantitative estimate of drug-likeness (QED) is 0.887. The van der Waals surface area contributed by atoms with Gasteiger partial charge in [-0.25, -0.2) is 4.79 Å². The maximum atomic E-state index is 11.7. The summed E-state index contributed by atoms with van der Waals surface area (Å²) in [6.07, 6.45) is -0.189. The summed E-state index contributed by atoms with van der Waals surface area (Å²) in [5.74, 6) is 0. The third-order valence-corrected chi connectivity index (χ3v) is 3.52. The molecule has 1 aromatic carbocycles. The van der Waals surface area contributed by atoms with Crippen LogP contribution in [-0.4, -0.2) is 37.2 Å². The summed E-state index contributed by atoms with van der Waals surface area (Å²) >= 11 is 0. The largest absolute Gasteiger partial charge is 0.445 e. The zero-order chi connectivity index (χ0) is 11.7. The molecule has 2 aliphatic rings. The van der Waals surface area contributed by atoms with Crippen molar-refractivity contribution in [3.05, 3.63) is 35.9 Å².